The quantitative estimate of drug-likeness (QED) is 0.789. The van der Waals surface area contributed by atoms with Gasteiger partial charge in [0.2, 0.25) is 0 Å². The van der Waals surface area contributed by atoms with Crippen LogP contribution in [0.1, 0.15) is 12.0 Å². The van der Waals surface area contributed by atoms with Gasteiger partial charge in [0, 0.05) is 10.9 Å². The molecule has 0 saturated heterocycles. The van der Waals surface area contributed by atoms with Crippen LogP contribution in [0, 0.1) is 12.8 Å². The summed E-state index contributed by atoms with van der Waals surface area (Å²) in [6, 6.07) is 5.20. The van der Waals surface area contributed by atoms with E-state index < -0.39 is 5.92 Å². The van der Waals surface area contributed by atoms with Crippen molar-refractivity contribution in [2.45, 2.75) is 13.3 Å². The summed E-state index contributed by atoms with van der Waals surface area (Å²) in [4.78, 5) is 11.7. The van der Waals surface area contributed by atoms with Crippen LogP contribution in [-0.2, 0) is 4.79 Å². The Morgan fingerprint density at radius 1 is 1.56 bits per heavy atom. The molecule has 0 aliphatic heterocycles. The largest absolute Gasteiger partial charge is 0.486 e. The first-order valence-electron chi connectivity index (χ1n) is 5.81. The molecule has 1 atom stereocenters. The Morgan fingerprint density at radius 2 is 2.28 bits per heavy atom. The molecule has 5 heteroatoms. The number of aliphatic hydroxyl groups is 1. The number of rotatable bonds is 7. The SMILES string of the molecule is Cc1cc(OCC(=O)C(CO)CCN)ccc1Cl. The number of hydrogen-bond donors (Lipinski definition) is 2. The van der Waals surface area contributed by atoms with Crippen molar-refractivity contribution in [3.05, 3.63) is 28.8 Å². The summed E-state index contributed by atoms with van der Waals surface area (Å²) in [6.07, 6.45) is 0.471. The molecule has 0 amide bonds. The molecule has 0 aromatic heterocycles. The maximum absolute atomic E-state index is 11.7. The zero-order valence-corrected chi connectivity index (χ0v) is 11.1. The van der Waals surface area contributed by atoms with Gasteiger partial charge in [-0.15, -0.1) is 0 Å². The van der Waals surface area contributed by atoms with Crippen molar-refractivity contribution in [3.63, 3.8) is 0 Å². The monoisotopic (exact) mass is 271 g/mol. The Kier molecular flexibility index (Phi) is 6.12. The summed E-state index contributed by atoms with van der Waals surface area (Å²) in [5, 5.41) is 9.71. The zero-order valence-electron chi connectivity index (χ0n) is 10.4. The molecule has 0 heterocycles. The summed E-state index contributed by atoms with van der Waals surface area (Å²) in [7, 11) is 0. The molecule has 3 N–H and O–H groups in total. The lowest BCUT2D eigenvalue weighted by Crippen LogP contribution is -2.26. The molecule has 0 bridgehead atoms. The van der Waals surface area contributed by atoms with Crippen molar-refractivity contribution < 1.29 is 14.6 Å². The number of nitrogens with two attached hydrogens (primary N) is 1. The lowest BCUT2D eigenvalue weighted by Gasteiger charge is -2.13. The van der Waals surface area contributed by atoms with Crippen LogP contribution in [0.3, 0.4) is 0 Å². The number of aryl methyl sites for hydroxylation is 1. The molecule has 0 aliphatic carbocycles. The van der Waals surface area contributed by atoms with E-state index in [4.69, 9.17) is 27.2 Å². The number of aliphatic hydroxyl groups excluding tert-OH is 1. The minimum Gasteiger partial charge on any atom is -0.486 e. The molecule has 1 aromatic rings. The molecule has 4 nitrogen and oxygen atoms in total. The normalized spacial score (nSPS) is 12.2. The number of ether oxygens (including phenoxy) is 1. The van der Waals surface area contributed by atoms with Crippen LogP contribution in [0.15, 0.2) is 18.2 Å². The van der Waals surface area contributed by atoms with E-state index in [1.165, 1.54) is 0 Å². The van der Waals surface area contributed by atoms with E-state index in [0.29, 0.717) is 23.7 Å². The highest BCUT2D eigenvalue weighted by Gasteiger charge is 2.17. The van der Waals surface area contributed by atoms with E-state index in [-0.39, 0.29) is 19.0 Å². The van der Waals surface area contributed by atoms with Gasteiger partial charge in [-0.3, -0.25) is 4.79 Å². The maximum Gasteiger partial charge on any atom is 0.175 e. The van der Waals surface area contributed by atoms with Crippen LogP contribution >= 0.6 is 11.6 Å². The van der Waals surface area contributed by atoms with Gasteiger partial charge in [-0.05, 0) is 43.7 Å². The summed E-state index contributed by atoms with van der Waals surface area (Å²) in [5.41, 5.74) is 6.26. The van der Waals surface area contributed by atoms with Gasteiger partial charge in [-0.1, -0.05) is 11.6 Å². The molecule has 1 aromatic carbocycles. The average molecular weight is 272 g/mol. The molecule has 0 spiro atoms. The maximum atomic E-state index is 11.7. The Bertz CT molecular complexity index is 409. The summed E-state index contributed by atoms with van der Waals surface area (Å²) in [6.45, 7) is 1.98. The first kappa shape index (κ1) is 15.0. The Hall–Kier alpha value is -1.10. The zero-order chi connectivity index (χ0) is 13.5. The Labute approximate surface area is 112 Å². The Morgan fingerprint density at radius 3 is 2.83 bits per heavy atom. The van der Waals surface area contributed by atoms with Gasteiger partial charge < -0.3 is 15.6 Å². The minimum absolute atomic E-state index is 0.0632. The van der Waals surface area contributed by atoms with Gasteiger partial charge in [0.05, 0.1) is 6.61 Å². The number of Topliss-reactive ketones (excluding diaryl/α,β-unsaturated/α-hetero) is 1. The van der Waals surface area contributed by atoms with E-state index in [9.17, 15) is 4.79 Å². The summed E-state index contributed by atoms with van der Waals surface area (Å²) < 4.78 is 5.37. The van der Waals surface area contributed by atoms with E-state index >= 15 is 0 Å². The van der Waals surface area contributed by atoms with Crippen LogP contribution < -0.4 is 10.5 Å². The molecular weight excluding hydrogens is 254 g/mol. The molecule has 18 heavy (non-hydrogen) atoms. The van der Waals surface area contributed by atoms with Crippen LogP contribution in [0.2, 0.25) is 5.02 Å². The second-order valence-corrected chi connectivity index (χ2v) is 4.53. The van der Waals surface area contributed by atoms with E-state index in [0.717, 1.165) is 5.56 Å². The predicted octanol–water partition coefficient (Wildman–Crippen LogP) is 1.55. The highest BCUT2D eigenvalue weighted by atomic mass is 35.5. The van der Waals surface area contributed by atoms with Crippen molar-refractivity contribution in [2.24, 2.45) is 11.7 Å². The van der Waals surface area contributed by atoms with Crippen molar-refractivity contribution in [1.29, 1.82) is 0 Å². The van der Waals surface area contributed by atoms with E-state index in [2.05, 4.69) is 0 Å². The molecular formula is C13H18ClNO3. The highest BCUT2D eigenvalue weighted by molar-refractivity contribution is 6.31. The number of carbonyl (C=O) groups excluding carboxylic acids is 1. The van der Waals surface area contributed by atoms with Crippen LogP contribution in [0.5, 0.6) is 5.75 Å². The molecule has 0 radical (unpaired) electrons. The number of benzene rings is 1. The van der Waals surface area contributed by atoms with Gasteiger partial charge in [-0.25, -0.2) is 0 Å². The molecule has 0 fully saturated rings. The summed E-state index contributed by atoms with van der Waals surface area (Å²) in [5.74, 6) is 0.00800. The van der Waals surface area contributed by atoms with Crippen LogP contribution in [0.4, 0.5) is 0 Å². The Balaban J connectivity index is 2.53. The molecule has 1 rings (SSSR count). The predicted molar refractivity (Wildman–Crippen MR) is 70.9 cm³/mol. The number of carbonyl (C=O) groups is 1. The van der Waals surface area contributed by atoms with E-state index in [1.807, 2.05) is 6.92 Å². The number of halogens is 1. The first-order chi connectivity index (χ1) is 8.58. The molecule has 0 aliphatic rings. The number of ketones is 1. The highest BCUT2D eigenvalue weighted by Crippen LogP contribution is 2.21. The molecule has 100 valence electrons. The van der Waals surface area contributed by atoms with Gasteiger partial charge in [0.25, 0.3) is 0 Å². The van der Waals surface area contributed by atoms with Gasteiger partial charge in [0.1, 0.15) is 12.4 Å². The van der Waals surface area contributed by atoms with Crippen LogP contribution in [-0.4, -0.2) is 30.6 Å². The fraction of sp³-hybridized carbons (Fsp3) is 0.462. The van der Waals surface area contributed by atoms with Crippen molar-refractivity contribution in [3.8, 4) is 5.75 Å². The summed E-state index contributed by atoms with van der Waals surface area (Å²) >= 11 is 5.89. The average Bonchev–Trinajstić information content (AvgIpc) is 2.37. The first-order valence-corrected chi connectivity index (χ1v) is 6.19. The van der Waals surface area contributed by atoms with Crippen LogP contribution in [0.25, 0.3) is 0 Å². The lowest BCUT2D eigenvalue weighted by atomic mass is 10.0. The molecule has 0 saturated carbocycles. The topological polar surface area (TPSA) is 72.5 Å². The third-order valence-corrected chi connectivity index (χ3v) is 3.13. The van der Waals surface area contributed by atoms with Gasteiger partial charge in [0.15, 0.2) is 5.78 Å². The van der Waals surface area contributed by atoms with Crippen molar-refractivity contribution >= 4 is 17.4 Å². The second-order valence-electron chi connectivity index (χ2n) is 4.12. The van der Waals surface area contributed by atoms with Gasteiger partial charge in [-0.2, -0.15) is 0 Å². The van der Waals surface area contributed by atoms with E-state index in [1.54, 1.807) is 18.2 Å². The van der Waals surface area contributed by atoms with Crippen molar-refractivity contribution in [2.75, 3.05) is 19.8 Å². The lowest BCUT2D eigenvalue weighted by molar-refractivity contribution is -0.126. The number of hydrogen-bond acceptors (Lipinski definition) is 4. The fourth-order valence-electron chi connectivity index (χ4n) is 1.53. The van der Waals surface area contributed by atoms with Crippen molar-refractivity contribution in [1.82, 2.24) is 0 Å². The van der Waals surface area contributed by atoms with Gasteiger partial charge >= 0.3 is 0 Å². The second kappa shape index (κ2) is 7.36. The molecule has 1 unspecified atom stereocenters. The minimum atomic E-state index is -0.441. The third-order valence-electron chi connectivity index (χ3n) is 2.70. The fourth-order valence-corrected chi connectivity index (χ4v) is 1.65. The standard InChI is InChI=1S/C13H18ClNO3/c1-9-6-11(2-3-12(9)14)18-8-13(17)10(7-16)4-5-15/h2-3,6,10,16H,4-5,7-8,15H2,1H3. The third kappa shape index (κ3) is 4.29. The smallest absolute Gasteiger partial charge is 0.175 e.